The maximum Gasteiger partial charge on any atom is 0.136 e. The molecule has 0 heterocycles. The first kappa shape index (κ1) is 17.8. The molecule has 0 saturated heterocycles. The van der Waals surface area contributed by atoms with E-state index in [1.807, 2.05) is 6.92 Å². The summed E-state index contributed by atoms with van der Waals surface area (Å²) in [6.07, 6.45) is 12.4. The molecule has 7 atom stereocenters. The number of allylic oxidation sites excluding steroid dienone is 1. The van der Waals surface area contributed by atoms with Crippen LogP contribution in [-0.4, -0.2) is 17.0 Å². The molecule has 4 aliphatic rings. The van der Waals surface area contributed by atoms with Crippen LogP contribution in [0, 0.1) is 34.0 Å². The minimum atomic E-state index is -0.123. The lowest BCUT2D eigenvalue weighted by Gasteiger charge is -2.59. The number of Topliss-reactive ketones (excluding diaryl/α,β-unsaturated/α-hetero) is 1. The number of rotatable bonds is 2. The van der Waals surface area contributed by atoms with Crippen LogP contribution in [0.15, 0.2) is 11.6 Å². The van der Waals surface area contributed by atoms with E-state index >= 15 is 0 Å². The highest BCUT2D eigenvalue weighted by Crippen LogP contribution is 2.70. The number of fused-ring (bicyclic) bond motifs is 5. The van der Waals surface area contributed by atoms with Gasteiger partial charge in [0.1, 0.15) is 5.78 Å². The SMILES string of the molecule is CC[C@]1(C(C)=O)CCC2C3CC=C4C[C@@H](O)CC[C@]4(C)C3CCC21C. The molecule has 0 aliphatic heterocycles. The molecule has 0 amide bonds. The van der Waals surface area contributed by atoms with Crippen LogP contribution in [0.3, 0.4) is 0 Å². The van der Waals surface area contributed by atoms with Gasteiger partial charge < -0.3 is 5.11 Å². The molecule has 4 unspecified atom stereocenters. The van der Waals surface area contributed by atoms with Gasteiger partial charge >= 0.3 is 0 Å². The van der Waals surface area contributed by atoms with Crippen molar-refractivity contribution in [2.24, 2.45) is 34.0 Å². The molecule has 2 heteroatoms. The lowest BCUT2D eigenvalue weighted by Crippen LogP contribution is -2.53. The summed E-state index contributed by atoms with van der Waals surface area (Å²) in [6.45, 7) is 9.03. The number of ketones is 1. The molecule has 0 spiro atoms. The summed E-state index contributed by atoms with van der Waals surface area (Å²) in [5.41, 5.74) is 1.97. The smallest absolute Gasteiger partial charge is 0.136 e. The van der Waals surface area contributed by atoms with Crippen molar-refractivity contribution in [1.29, 1.82) is 0 Å². The molecule has 3 saturated carbocycles. The second-order valence-electron chi connectivity index (χ2n) is 10.1. The van der Waals surface area contributed by atoms with E-state index in [1.54, 1.807) is 5.57 Å². The minimum absolute atomic E-state index is 0.0731. The lowest BCUT2D eigenvalue weighted by atomic mass is 9.45. The largest absolute Gasteiger partial charge is 0.393 e. The van der Waals surface area contributed by atoms with E-state index in [0.29, 0.717) is 17.1 Å². The van der Waals surface area contributed by atoms with Gasteiger partial charge in [0, 0.05) is 5.41 Å². The molecule has 0 bridgehead atoms. The normalized spacial score (nSPS) is 52.0. The molecular weight excluding hydrogens is 308 g/mol. The van der Waals surface area contributed by atoms with Crippen LogP contribution < -0.4 is 0 Å². The van der Waals surface area contributed by atoms with Gasteiger partial charge in [-0.3, -0.25) is 4.79 Å². The van der Waals surface area contributed by atoms with Gasteiger partial charge in [-0.25, -0.2) is 0 Å². The molecule has 25 heavy (non-hydrogen) atoms. The van der Waals surface area contributed by atoms with Crippen molar-refractivity contribution < 1.29 is 9.90 Å². The molecule has 1 N–H and O–H groups in total. The quantitative estimate of drug-likeness (QED) is 0.691. The van der Waals surface area contributed by atoms with Gasteiger partial charge in [0.25, 0.3) is 0 Å². The highest BCUT2D eigenvalue weighted by molar-refractivity contribution is 5.83. The molecular formula is C23H36O2. The topological polar surface area (TPSA) is 37.3 Å². The Hall–Kier alpha value is -0.630. The van der Waals surface area contributed by atoms with E-state index in [-0.39, 0.29) is 16.9 Å². The summed E-state index contributed by atoms with van der Waals surface area (Å²) in [6, 6.07) is 0. The van der Waals surface area contributed by atoms with Crippen LogP contribution in [0.2, 0.25) is 0 Å². The Labute approximate surface area is 153 Å². The van der Waals surface area contributed by atoms with E-state index < -0.39 is 0 Å². The maximum absolute atomic E-state index is 12.7. The number of aliphatic hydroxyl groups is 1. The van der Waals surface area contributed by atoms with Gasteiger partial charge in [0.2, 0.25) is 0 Å². The summed E-state index contributed by atoms with van der Waals surface area (Å²) in [4.78, 5) is 12.7. The second-order valence-corrected chi connectivity index (χ2v) is 10.1. The van der Waals surface area contributed by atoms with E-state index in [0.717, 1.165) is 43.9 Å². The average molecular weight is 345 g/mol. The minimum Gasteiger partial charge on any atom is -0.393 e. The molecule has 3 fully saturated rings. The monoisotopic (exact) mass is 344 g/mol. The van der Waals surface area contributed by atoms with Crippen molar-refractivity contribution in [2.45, 2.75) is 91.6 Å². The van der Waals surface area contributed by atoms with Crippen LogP contribution in [0.1, 0.15) is 85.5 Å². The first-order valence-corrected chi connectivity index (χ1v) is 10.7. The maximum atomic E-state index is 12.7. The third kappa shape index (κ3) is 2.16. The predicted molar refractivity (Wildman–Crippen MR) is 101 cm³/mol. The molecule has 0 aromatic rings. The number of aliphatic hydroxyl groups excluding tert-OH is 1. The highest BCUT2D eigenvalue weighted by Gasteiger charge is 2.64. The van der Waals surface area contributed by atoms with Gasteiger partial charge in [-0.05, 0) is 93.3 Å². The van der Waals surface area contributed by atoms with Crippen LogP contribution in [-0.2, 0) is 4.79 Å². The van der Waals surface area contributed by atoms with Crippen molar-refractivity contribution >= 4 is 5.78 Å². The molecule has 0 aromatic carbocycles. The fourth-order valence-electron chi connectivity index (χ4n) is 8.18. The Morgan fingerprint density at radius 1 is 1.16 bits per heavy atom. The van der Waals surface area contributed by atoms with Crippen LogP contribution in [0.25, 0.3) is 0 Å². The van der Waals surface area contributed by atoms with Crippen LogP contribution >= 0.6 is 0 Å². The van der Waals surface area contributed by atoms with Crippen molar-refractivity contribution in [1.82, 2.24) is 0 Å². The van der Waals surface area contributed by atoms with Gasteiger partial charge in [-0.1, -0.05) is 32.4 Å². The second kappa shape index (κ2) is 5.68. The van der Waals surface area contributed by atoms with Crippen molar-refractivity contribution in [3.05, 3.63) is 11.6 Å². The van der Waals surface area contributed by atoms with Crippen molar-refractivity contribution in [3.8, 4) is 0 Å². The Kier molecular flexibility index (Phi) is 4.04. The summed E-state index contributed by atoms with van der Waals surface area (Å²) >= 11 is 0. The first-order chi connectivity index (χ1) is 11.8. The standard InChI is InChI=1S/C23H36O2/c1-5-23(15(2)24)13-10-20-18-7-6-16-14-17(25)8-11-21(16,3)19(18)9-12-22(20,23)4/h6,17-20,25H,5,7-14H2,1-4H3/t17-,18?,19?,20?,21-,22?,23+/m0/s1. The molecule has 4 rings (SSSR count). The van der Waals surface area contributed by atoms with Gasteiger partial charge in [-0.2, -0.15) is 0 Å². The average Bonchev–Trinajstić information content (AvgIpc) is 2.89. The Bertz CT molecular complexity index is 607. The zero-order valence-electron chi connectivity index (χ0n) is 16.6. The lowest BCUT2D eigenvalue weighted by molar-refractivity contribution is -0.140. The molecule has 2 nitrogen and oxygen atoms in total. The Morgan fingerprint density at radius 2 is 1.88 bits per heavy atom. The van der Waals surface area contributed by atoms with E-state index in [2.05, 4.69) is 26.8 Å². The summed E-state index contributed by atoms with van der Waals surface area (Å²) in [5, 5.41) is 10.1. The van der Waals surface area contributed by atoms with Crippen molar-refractivity contribution in [3.63, 3.8) is 0 Å². The van der Waals surface area contributed by atoms with Crippen LogP contribution in [0.5, 0.6) is 0 Å². The third-order valence-corrected chi connectivity index (χ3v) is 9.72. The Morgan fingerprint density at radius 3 is 2.56 bits per heavy atom. The molecule has 4 aliphatic carbocycles. The Balaban J connectivity index is 1.70. The van der Waals surface area contributed by atoms with E-state index in [1.165, 1.54) is 25.7 Å². The number of carbonyl (C=O) groups is 1. The zero-order valence-corrected chi connectivity index (χ0v) is 16.6. The van der Waals surface area contributed by atoms with E-state index in [4.69, 9.17) is 0 Å². The summed E-state index contributed by atoms with van der Waals surface area (Å²) in [7, 11) is 0. The fraction of sp³-hybridized carbons (Fsp3) is 0.870. The predicted octanol–water partition coefficient (Wildman–Crippen LogP) is 5.30. The number of hydrogen-bond donors (Lipinski definition) is 1. The first-order valence-electron chi connectivity index (χ1n) is 10.7. The third-order valence-electron chi connectivity index (χ3n) is 9.72. The van der Waals surface area contributed by atoms with Gasteiger partial charge in [-0.15, -0.1) is 0 Å². The molecule has 140 valence electrons. The summed E-state index contributed by atoms with van der Waals surface area (Å²) in [5.74, 6) is 2.65. The van der Waals surface area contributed by atoms with Gasteiger partial charge in [0.05, 0.1) is 6.10 Å². The van der Waals surface area contributed by atoms with Crippen molar-refractivity contribution in [2.75, 3.05) is 0 Å². The molecule has 0 aromatic heterocycles. The van der Waals surface area contributed by atoms with Crippen LogP contribution in [0.4, 0.5) is 0 Å². The highest BCUT2D eigenvalue weighted by atomic mass is 16.3. The zero-order chi connectivity index (χ0) is 18.0. The van der Waals surface area contributed by atoms with E-state index in [9.17, 15) is 9.90 Å². The summed E-state index contributed by atoms with van der Waals surface area (Å²) < 4.78 is 0. The number of hydrogen-bond acceptors (Lipinski definition) is 2. The van der Waals surface area contributed by atoms with Gasteiger partial charge in [0.15, 0.2) is 0 Å². The number of carbonyl (C=O) groups excluding carboxylic acids is 1. The molecule has 0 radical (unpaired) electrons. The fourth-order valence-corrected chi connectivity index (χ4v) is 8.18.